The van der Waals surface area contributed by atoms with Crippen LogP contribution < -0.4 is 0 Å². The lowest BCUT2D eigenvalue weighted by Crippen LogP contribution is -2.46. The maximum Gasteiger partial charge on any atom is 0.219 e. The Labute approximate surface area is 119 Å². The van der Waals surface area contributed by atoms with E-state index in [0.717, 1.165) is 26.2 Å². The predicted octanol–water partition coefficient (Wildman–Crippen LogP) is 0.280. The van der Waals surface area contributed by atoms with E-state index in [1.54, 1.807) is 6.92 Å². The van der Waals surface area contributed by atoms with Crippen LogP contribution in [0.15, 0.2) is 0 Å². The molecule has 0 radical (unpaired) electrons. The molecule has 0 aliphatic carbocycles. The van der Waals surface area contributed by atoms with Crippen molar-refractivity contribution in [2.45, 2.75) is 14.4 Å². The third kappa shape index (κ3) is 7.50. The SMILES string of the molecule is C.CC(=O)N1CCN(C)CC1.CN1CCN(C)CC1. The van der Waals surface area contributed by atoms with E-state index < -0.39 is 0 Å². The molecule has 0 N–H and O–H groups in total. The first-order chi connectivity index (χ1) is 8.49. The molecule has 0 aromatic rings. The molecule has 1 amide bonds. The molecule has 2 fully saturated rings. The minimum atomic E-state index is 0. The van der Waals surface area contributed by atoms with E-state index in [4.69, 9.17) is 0 Å². The molecule has 19 heavy (non-hydrogen) atoms. The monoisotopic (exact) mass is 272 g/mol. The van der Waals surface area contributed by atoms with Gasteiger partial charge in [0.1, 0.15) is 0 Å². The summed E-state index contributed by atoms with van der Waals surface area (Å²) in [7, 11) is 6.43. The molecule has 2 heterocycles. The Morgan fingerprint density at radius 2 is 0.947 bits per heavy atom. The van der Waals surface area contributed by atoms with Gasteiger partial charge in [0.2, 0.25) is 5.91 Å². The molecule has 0 saturated carbocycles. The number of amides is 1. The summed E-state index contributed by atoms with van der Waals surface area (Å²) in [4.78, 5) is 19.7. The summed E-state index contributed by atoms with van der Waals surface area (Å²) in [6.07, 6.45) is 0. The van der Waals surface area contributed by atoms with Crippen LogP contribution in [0.3, 0.4) is 0 Å². The zero-order valence-electron chi connectivity index (χ0n) is 12.4. The van der Waals surface area contributed by atoms with E-state index in [1.165, 1.54) is 26.2 Å². The highest BCUT2D eigenvalue weighted by molar-refractivity contribution is 5.73. The smallest absolute Gasteiger partial charge is 0.219 e. The molecule has 5 heteroatoms. The lowest BCUT2D eigenvalue weighted by Gasteiger charge is -2.31. The minimum absolute atomic E-state index is 0. The Kier molecular flexibility index (Phi) is 8.97. The van der Waals surface area contributed by atoms with Crippen LogP contribution in [-0.4, -0.2) is 99.0 Å². The van der Waals surface area contributed by atoms with Crippen LogP contribution in [0.5, 0.6) is 0 Å². The van der Waals surface area contributed by atoms with Crippen molar-refractivity contribution >= 4 is 5.91 Å². The molecular formula is C14H32N4O. The Bertz CT molecular complexity index is 234. The number of piperazine rings is 2. The summed E-state index contributed by atoms with van der Waals surface area (Å²) in [5, 5.41) is 0. The van der Waals surface area contributed by atoms with Gasteiger partial charge in [0.25, 0.3) is 0 Å². The van der Waals surface area contributed by atoms with Crippen molar-refractivity contribution in [3.05, 3.63) is 0 Å². The molecule has 2 aliphatic heterocycles. The number of carbonyl (C=O) groups is 1. The number of hydrogen-bond acceptors (Lipinski definition) is 4. The molecule has 114 valence electrons. The van der Waals surface area contributed by atoms with Gasteiger partial charge in [-0.25, -0.2) is 0 Å². The second-order valence-electron chi connectivity index (χ2n) is 5.42. The van der Waals surface area contributed by atoms with E-state index in [2.05, 4.69) is 35.8 Å². The summed E-state index contributed by atoms with van der Waals surface area (Å²) >= 11 is 0. The molecule has 0 spiro atoms. The summed E-state index contributed by atoms with van der Waals surface area (Å²) in [5.74, 6) is 0.202. The van der Waals surface area contributed by atoms with E-state index in [-0.39, 0.29) is 13.3 Å². The maximum absolute atomic E-state index is 10.8. The highest BCUT2D eigenvalue weighted by atomic mass is 16.2. The first kappa shape index (κ1) is 18.4. The Morgan fingerprint density at radius 1 is 0.684 bits per heavy atom. The maximum atomic E-state index is 10.8. The van der Waals surface area contributed by atoms with Crippen LogP contribution in [0.4, 0.5) is 0 Å². The zero-order valence-corrected chi connectivity index (χ0v) is 12.4. The van der Waals surface area contributed by atoms with Crippen LogP contribution in [0.2, 0.25) is 0 Å². The van der Waals surface area contributed by atoms with Gasteiger partial charge in [-0.2, -0.15) is 0 Å². The average molecular weight is 272 g/mol. The number of likely N-dealkylation sites (N-methyl/N-ethyl adjacent to an activating group) is 3. The van der Waals surface area contributed by atoms with Crippen molar-refractivity contribution in [2.24, 2.45) is 0 Å². The van der Waals surface area contributed by atoms with Gasteiger partial charge >= 0.3 is 0 Å². The normalized spacial score (nSPS) is 22.2. The van der Waals surface area contributed by atoms with Crippen LogP contribution >= 0.6 is 0 Å². The van der Waals surface area contributed by atoms with Crippen LogP contribution in [0.25, 0.3) is 0 Å². The van der Waals surface area contributed by atoms with Gasteiger partial charge in [0, 0.05) is 59.3 Å². The molecule has 0 atom stereocenters. The van der Waals surface area contributed by atoms with Crippen molar-refractivity contribution in [3.63, 3.8) is 0 Å². The number of carbonyl (C=O) groups excluding carboxylic acids is 1. The molecule has 0 aromatic carbocycles. The van der Waals surface area contributed by atoms with Gasteiger partial charge in [0.15, 0.2) is 0 Å². The number of rotatable bonds is 0. The summed E-state index contributed by atoms with van der Waals surface area (Å²) in [6.45, 7) is 10.4. The number of hydrogen-bond donors (Lipinski definition) is 0. The molecule has 2 saturated heterocycles. The second-order valence-corrected chi connectivity index (χ2v) is 5.42. The lowest BCUT2D eigenvalue weighted by molar-refractivity contribution is -0.130. The van der Waals surface area contributed by atoms with E-state index in [0.29, 0.717) is 0 Å². The molecule has 2 rings (SSSR count). The second kappa shape index (κ2) is 9.28. The molecule has 5 nitrogen and oxygen atoms in total. The largest absolute Gasteiger partial charge is 0.340 e. The molecule has 2 aliphatic rings. The minimum Gasteiger partial charge on any atom is -0.340 e. The van der Waals surface area contributed by atoms with Crippen LogP contribution in [0, 0.1) is 0 Å². The molecular weight excluding hydrogens is 240 g/mol. The van der Waals surface area contributed by atoms with Crippen molar-refractivity contribution in [3.8, 4) is 0 Å². The van der Waals surface area contributed by atoms with Crippen molar-refractivity contribution in [2.75, 3.05) is 73.5 Å². The van der Waals surface area contributed by atoms with Gasteiger partial charge in [0.05, 0.1) is 0 Å². The lowest BCUT2D eigenvalue weighted by atomic mass is 10.3. The van der Waals surface area contributed by atoms with Gasteiger partial charge in [-0.15, -0.1) is 0 Å². The third-order valence-electron chi connectivity index (χ3n) is 3.68. The molecule has 0 unspecified atom stereocenters. The third-order valence-corrected chi connectivity index (χ3v) is 3.68. The van der Waals surface area contributed by atoms with Crippen LogP contribution in [-0.2, 0) is 4.79 Å². The number of nitrogens with zero attached hydrogens (tertiary/aromatic N) is 4. The standard InChI is InChI=1S/C7H14N2O.C6H14N2.CH4/c1-7(10)9-5-3-8(2)4-6-9;1-7-3-5-8(2)6-4-7;/h3-6H2,1-2H3;3-6H2,1-2H3;1H4. The van der Waals surface area contributed by atoms with E-state index in [9.17, 15) is 4.79 Å². The highest BCUT2D eigenvalue weighted by Gasteiger charge is 2.14. The average Bonchev–Trinajstić information content (AvgIpc) is 2.34. The Balaban J connectivity index is 0.000000331. The van der Waals surface area contributed by atoms with Gasteiger partial charge in [-0.05, 0) is 21.1 Å². The van der Waals surface area contributed by atoms with Gasteiger partial charge in [-0.3, -0.25) is 4.79 Å². The fourth-order valence-electron chi connectivity index (χ4n) is 2.03. The van der Waals surface area contributed by atoms with Crippen LogP contribution in [0.1, 0.15) is 14.4 Å². The molecule has 0 aromatic heterocycles. The van der Waals surface area contributed by atoms with Crippen molar-refractivity contribution in [1.29, 1.82) is 0 Å². The van der Waals surface area contributed by atoms with E-state index >= 15 is 0 Å². The van der Waals surface area contributed by atoms with Crippen molar-refractivity contribution < 1.29 is 4.79 Å². The zero-order chi connectivity index (χ0) is 13.5. The summed E-state index contributed by atoms with van der Waals surface area (Å²) in [5.41, 5.74) is 0. The quantitative estimate of drug-likeness (QED) is 0.634. The van der Waals surface area contributed by atoms with E-state index in [1.807, 2.05) is 4.90 Å². The topological polar surface area (TPSA) is 30.0 Å². The Morgan fingerprint density at radius 3 is 1.21 bits per heavy atom. The van der Waals surface area contributed by atoms with Gasteiger partial charge < -0.3 is 19.6 Å². The van der Waals surface area contributed by atoms with Crippen molar-refractivity contribution in [1.82, 2.24) is 19.6 Å². The highest BCUT2D eigenvalue weighted by Crippen LogP contribution is 1.98. The molecule has 0 bridgehead atoms. The fraction of sp³-hybridized carbons (Fsp3) is 0.929. The predicted molar refractivity (Wildman–Crippen MR) is 81.5 cm³/mol. The summed E-state index contributed by atoms with van der Waals surface area (Å²) in [6, 6.07) is 0. The first-order valence-corrected chi connectivity index (χ1v) is 6.80. The Hall–Kier alpha value is -0.650. The first-order valence-electron chi connectivity index (χ1n) is 6.80. The fourth-order valence-corrected chi connectivity index (χ4v) is 2.03. The summed E-state index contributed by atoms with van der Waals surface area (Å²) < 4.78 is 0. The van der Waals surface area contributed by atoms with Gasteiger partial charge in [-0.1, -0.05) is 7.43 Å².